The largest absolute Gasteiger partial charge is 0.373 e. The summed E-state index contributed by atoms with van der Waals surface area (Å²) in [6.45, 7) is 1.70. The average Bonchev–Trinajstić information content (AvgIpc) is 3.10. The first-order chi connectivity index (χ1) is 12.7. The third kappa shape index (κ3) is 3.37. The molecule has 3 aromatic rings. The van der Waals surface area contributed by atoms with Crippen LogP contribution in [0.4, 0.5) is 5.82 Å². The molecule has 0 saturated carbocycles. The van der Waals surface area contributed by atoms with Crippen molar-refractivity contribution >= 4 is 22.8 Å². The van der Waals surface area contributed by atoms with Crippen LogP contribution in [0.3, 0.4) is 0 Å². The van der Waals surface area contributed by atoms with Crippen LogP contribution in [-0.4, -0.2) is 50.9 Å². The minimum atomic E-state index is 0.0675. The summed E-state index contributed by atoms with van der Waals surface area (Å²) < 4.78 is 0. The number of likely N-dealkylation sites (tertiary alicyclic amines) is 1. The first kappa shape index (κ1) is 16.5. The summed E-state index contributed by atoms with van der Waals surface area (Å²) in [7, 11) is 1.86. The van der Waals surface area contributed by atoms with Gasteiger partial charge in [0, 0.05) is 32.3 Å². The molecule has 7 heteroatoms. The fourth-order valence-electron chi connectivity index (χ4n) is 3.51. The van der Waals surface area contributed by atoms with Crippen molar-refractivity contribution in [3.05, 3.63) is 48.2 Å². The maximum Gasteiger partial charge on any atom is 0.246 e. The molecule has 1 aliphatic heterocycles. The molecule has 134 valence electrons. The summed E-state index contributed by atoms with van der Waals surface area (Å²) in [5.74, 6) is 1.27. The number of piperidine rings is 1. The number of carbonyl (C=O) groups excluding carboxylic acids is 1. The summed E-state index contributed by atoms with van der Waals surface area (Å²) in [4.78, 5) is 20.5. The number of pyridine rings is 1. The van der Waals surface area contributed by atoms with E-state index < -0.39 is 0 Å². The smallest absolute Gasteiger partial charge is 0.246 e. The van der Waals surface area contributed by atoms with Crippen LogP contribution in [0, 0.1) is 0 Å². The van der Waals surface area contributed by atoms with Gasteiger partial charge in [0.05, 0.1) is 0 Å². The molecular formula is C19H22N6O. The molecular weight excluding hydrogens is 328 g/mol. The Kier molecular flexibility index (Phi) is 4.51. The number of rotatable bonds is 4. The Balaban J connectivity index is 1.45. The molecule has 26 heavy (non-hydrogen) atoms. The zero-order valence-electron chi connectivity index (χ0n) is 14.8. The van der Waals surface area contributed by atoms with Gasteiger partial charge >= 0.3 is 0 Å². The fourth-order valence-corrected chi connectivity index (χ4v) is 3.51. The van der Waals surface area contributed by atoms with Gasteiger partial charge in [0.25, 0.3) is 0 Å². The van der Waals surface area contributed by atoms with Crippen molar-refractivity contribution in [1.82, 2.24) is 24.9 Å². The van der Waals surface area contributed by atoms with Crippen molar-refractivity contribution in [3.8, 4) is 0 Å². The van der Waals surface area contributed by atoms with Crippen LogP contribution in [0.5, 0.6) is 0 Å². The zero-order chi connectivity index (χ0) is 17.9. The van der Waals surface area contributed by atoms with E-state index in [-0.39, 0.29) is 12.5 Å². The first-order valence-electron chi connectivity index (χ1n) is 8.94. The lowest BCUT2D eigenvalue weighted by Crippen LogP contribution is -2.41. The van der Waals surface area contributed by atoms with Crippen LogP contribution >= 0.6 is 0 Å². The van der Waals surface area contributed by atoms with Gasteiger partial charge in [0.15, 0.2) is 0 Å². The Labute approximate surface area is 152 Å². The zero-order valence-corrected chi connectivity index (χ0v) is 14.8. The number of amides is 1. The molecule has 1 N–H and O–H groups in total. The Morgan fingerprint density at radius 1 is 1.23 bits per heavy atom. The predicted molar refractivity (Wildman–Crippen MR) is 99.9 cm³/mol. The molecule has 0 spiro atoms. The summed E-state index contributed by atoms with van der Waals surface area (Å²) in [6.07, 6.45) is 3.91. The Morgan fingerprint density at radius 3 is 2.73 bits per heavy atom. The van der Waals surface area contributed by atoms with Gasteiger partial charge in [-0.3, -0.25) is 4.79 Å². The lowest BCUT2D eigenvalue weighted by atomic mass is 9.91. The number of nitrogens with one attached hydrogen (secondary N) is 1. The quantitative estimate of drug-likeness (QED) is 0.781. The molecule has 1 amide bonds. The van der Waals surface area contributed by atoms with Gasteiger partial charge in [-0.25, -0.2) is 4.98 Å². The predicted octanol–water partition coefficient (Wildman–Crippen LogP) is 2.27. The monoisotopic (exact) mass is 350 g/mol. The van der Waals surface area contributed by atoms with Crippen molar-refractivity contribution < 1.29 is 4.79 Å². The summed E-state index contributed by atoms with van der Waals surface area (Å²) in [5, 5.41) is 11.9. The van der Waals surface area contributed by atoms with E-state index in [1.165, 1.54) is 10.4 Å². The molecule has 0 aliphatic carbocycles. The Hall–Kier alpha value is -2.96. The highest BCUT2D eigenvalue weighted by atomic mass is 16.2. The number of hydrogen-bond donors (Lipinski definition) is 1. The number of aromatic nitrogens is 4. The number of hydrogen-bond acceptors (Lipinski definition) is 5. The van der Waals surface area contributed by atoms with Crippen molar-refractivity contribution in [2.45, 2.75) is 25.3 Å². The normalized spacial score (nSPS) is 17.4. The maximum absolute atomic E-state index is 12.7. The minimum absolute atomic E-state index is 0.0675. The summed E-state index contributed by atoms with van der Waals surface area (Å²) in [6, 6.07) is 11.8. The highest BCUT2D eigenvalue weighted by molar-refractivity contribution is 5.77. The number of nitrogens with zero attached hydrogens (tertiary/aromatic N) is 5. The molecule has 1 fully saturated rings. The molecule has 4 rings (SSSR count). The third-order valence-corrected chi connectivity index (χ3v) is 4.89. The van der Waals surface area contributed by atoms with E-state index in [1.54, 1.807) is 0 Å². The molecule has 1 unspecified atom stereocenters. The highest BCUT2D eigenvalue weighted by Crippen LogP contribution is 2.28. The van der Waals surface area contributed by atoms with Crippen LogP contribution in [0.25, 0.3) is 11.0 Å². The van der Waals surface area contributed by atoms with Gasteiger partial charge in [0.2, 0.25) is 5.91 Å². The van der Waals surface area contributed by atoms with E-state index in [9.17, 15) is 4.79 Å². The number of carbonyl (C=O) groups is 1. The summed E-state index contributed by atoms with van der Waals surface area (Å²) in [5.41, 5.74) is 2.85. The molecule has 3 heterocycles. The second-order valence-corrected chi connectivity index (χ2v) is 6.62. The highest BCUT2D eigenvalue weighted by Gasteiger charge is 2.25. The average molecular weight is 350 g/mol. The van der Waals surface area contributed by atoms with Gasteiger partial charge in [-0.1, -0.05) is 12.1 Å². The van der Waals surface area contributed by atoms with Crippen molar-refractivity contribution in [3.63, 3.8) is 0 Å². The van der Waals surface area contributed by atoms with E-state index in [0.29, 0.717) is 5.92 Å². The lowest BCUT2D eigenvalue weighted by Gasteiger charge is -2.33. The van der Waals surface area contributed by atoms with Gasteiger partial charge in [-0.15, -0.1) is 0 Å². The standard InChI is InChI=1S/C19H22N6O/c1-20-18-11-14(8-9-21-18)15-5-4-10-24(12-15)19(26)13-25-22-16-6-2-3-7-17(16)23-25/h2-3,6-9,11,15H,4-5,10,12-13H2,1H3,(H,20,21). The molecule has 0 bridgehead atoms. The fraction of sp³-hybridized carbons (Fsp3) is 0.368. The third-order valence-electron chi connectivity index (χ3n) is 4.89. The van der Waals surface area contributed by atoms with Crippen LogP contribution in [0.15, 0.2) is 42.6 Å². The Bertz CT molecular complexity index is 888. The van der Waals surface area contributed by atoms with E-state index in [4.69, 9.17) is 0 Å². The maximum atomic E-state index is 12.7. The van der Waals surface area contributed by atoms with E-state index in [1.807, 2.05) is 48.5 Å². The van der Waals surface area contributed by atoms with Gasteiger partial charge in [-0.05, 0) is 42.7 Å². The molecule has 1 atom stereocenters. The first-order valence-corrected chi connectivity index (χ1v) is 8.94. The van der Waals surface area contributed by atoms with Crippen molar-refractivity contribution in [2.24, 2.45) is 0 Å². The van der Waals surface area contributed by atoms with Crippen LogP contribution in [0.1, 0.15) is 24.3 Å². The number of benzene rings is 1. The SMILES string of the molecule is CNc1cc(C2CCCN(C(=O)Cn3nc4ccccc4n3)C2)ccn1. The molecule has 1 saturated heterocycles. The van der Waals surface area contributed by atoms with Gasteiger partial charge in [0.1, 0.15) is 23.4 Å². The molecule has 1 aromatic carbocycles. The molecule has 1 aliphatic rings. The topological polar surface area (TPSA) is 75.9 Å². The Morgan fingerprint density at radius 2 is 2.00 bits per heavy atom. The van der Waals surface area contributed by atoms with E-state index in [0.717, 1.165) is 42.8 Å². The van der Waals surface area contributed by atoms with Gasteiger partial charge in [-0.2, -0.15) is 15.0 Å². The summed E-state index contributed by atoms with van der Waals surface area (Å²) >= 11 is 0. The second-order valence-electron chi connectivity index (χ2n) is 6.62. The lowest BCUT2D eigenvalue weighted by molar-refractivity contribution is -0.133. The molecule has 0 radical (unpaired) electrons. The van der Waals surface area contributed by atoms with Crippen molar-refractivity contribution in [2.75, 3.05) is 25.5 Å². The number of anilines is 1. The van der Waals surface area contributed by atoms with Crippen LogP contribution in [0.2, 0.25) is 0 Å². The van der Waals surface area contributed by atoms with E-state index in [2.05, 4.69) is 26.6 Å². The number of fused-ring (bicyclic) bond motifs is 1. The minimum Gasteiger partial charge on any atom is -0.373 e. The van der Waals surface area contributed by atoms with Crippen LogP contribution < -0.4 is 5.32 Å². The molecule has 7 nitrogen and oxygen atoms in total. The van der Waals surface area contributed by atoms with Crippen LogP contribution in [-0.2, 0) is 11.3 Å². The molecule has 2 aromatic heterocycles. The van der Waals surface area contributed by atoms with Gasteiger partial charge < -0.3 is 10.2 Å². The van der Waals surface area contributed by atoms with Crippen molar-refractivity contribution in [1.29, 1.82) is 0 Å². The second kappa shape index (κ2) is 7.11. The van der Waals surface area contributed by atoms with E-state index >= 15 is 0 Å².